The first-order valence-corrected chi connectivity index (χ1v) is 3.50. The Bertz CT molecular complexity index is 262. The number of hydrogen-bond acceptors (Lipinski definition) is 2. The lowest BCUT2D eigenvalue weighted by Crippen LogP contribution is -3.07. The number of nitrogens with one attached hydrogen (secondary N) is 1. The fourth-order valence-electron chi connectivity index (χ4n) is 1.15. The predicted octanol–water partition coefficient (Wildman–Crippen LogP) is -0.281. The summed E-state index contributed by atoms with van der Waals surface area (Å²) in [5.41, 5.74) is 0.948. The minimum absolute atomic E-state index is 0.136. The van der Waals surface area contributed by atoms with E-state index in [1.165, 1.54) is 0 Å². The molecule has 0 aromatic heterocycles. The van der Waals surface area contributed by atoms with Gasteiger partial charge in [-0.2, -0.15) is 0 Å². The molecule has 1 N–H and O–H groups in total. The van der Waals surface area contributed by atoms with Gasteiger partial charge in [0.2, 0.25) is 6.73 Å². The molecule has 0 spiro atoms. The highest BCUT2D eigenvalue weighted by atomic mass is 16.6. The van der Waals surface area contributed by atoms with E-state index in [0.717, 1.165) is 11.3 Å². The zero-order valence-electron chi connectivity index (χ0n) is 5.96. The molecule has 2 rings (SSSR count). The Hall–Kier alpha value is -1.06. The van der Waals surface area contributed by atoms with Gasteiger partial charge in [0.25, 0.3) is 0 Å². The van der Waals surface area contributed by atoms with Crippen molar-refractivity contribution in [3.63, 3.8) is 0 Å². The van der Waals surface area contributed by atoms with Gasteiger partial charge < -0.3 is 15.0 Å². The van der Waals surface area contributed by atoms with Gasteiger partial charge in [-0.1, -0.05) is 6.07 Å². The molecule has 3 heteroatoms. The summed E-state index contributed by atoms with van der Waals surface area (Å²) in [7, 11) is 0. The van der Waals surface area contributed by atoms with E-state index in [1.54, 1.807) is 12.1 Å². The number of hydroxylamine groups is 2. The Morgan fingerprint density at radius 1 is 1.64 bits per heavy atom. The molecule has 1 heterocycles. The number of quaternary nitrogens is 1. The zero-order chi connectivity index (χ0) is 7.68. The molecule has 1 radical (unpaired) electrons. The molecule has 0 amide bonds. The summed E-state index contributed by atoms with van der Waals surface area (Å²) in [4.78, 5) is 0. The summed E-state index contributed by atoms with van der Waals surface area (Å²) in [6.45, 7) is 0.712. The number of hydrogen-bond donors (Lipinski definition) is 1. The van der Waals surface area contributed by atoms with Gasteiger partial charge in [0.15, 0.2) is 0 Å². The van der Waals surface area contributed by atoms with Crippen LogP contribution in [-0.4, -0.2) is 6.73 Å². The van der Waals surface area contributed by atoms with Crippen molar-refractivity contribution in [2.75, 3.05) is 6.73 Å². The molecule has 0 saturated carbocycles. The first-order chi connectivity index (χ1) is 5.36. The van der Waals surface area contributed by atoms with Crippen molar-refractivity contribution in [2.24, 2.45) is 0 Å². The smallest absolute Gasteiger partial charge is 0.222 e. The van der Waals surface area contributed by atoms with Crippen molar-refractivity contribution in [1.29, 1.82) is 0 Å². The summed E-state index contributed by atoms with van der Waals surface area (Å²) in [6, 6.07) is 8.33. The lowest BCUT2D eigenvalue weighted by Gasteiger charge is -2.27. The minimum atomic E-state index is 0.136. The second-order valence-electron chi connectivity index (χ2n) is 2.54. The van der Waals surface area contributed by atoms with E-state index in [1.807, 2.05) is 6.07 Å². The van der Waals surface area contributed by atoms with Gasteiger partial charge in [0.05, 0.1) is 0 Å². The fraction of sp³-hybridized carbons (Fsp3) is 0.250. The minimum Gasteiger partial charge on any atom is -0.632 e. The van der Waals surface area contributed by atoms with Crippen molar-refractivity contribution < 1.29 is 9.80 Å². The topological polar surface area (TPSA) is 36.7 Å². The van der Waals surface area contributed by atoms with Crippen LogP contribution in [-0.2, 0) is 6.54 Å². The predicted molar refractivity (Wildman–Crippen MR) is 38.8 cm³/mol. The Morgan fingerprint density at radius 3 is 3.45 bits per heavy atom. The molecule has 3 nitrogen and oxygen atoms in total. The Balaban J connectivity index is 2.34. The van der Waals surface area contributed by atoms with E-state index in [2.05, 4.69) is 6.07 Å². The van der Waals surface area contributed by atoms with Crippen molar-refractivity contribution in [2.45, 2.75) is 6.54 Å². The first-order valence-electron chi connectivity index (χ1n) is 3.50. The maximum absolute atomic E-state index is 10.9. The Labute approximate surface area is 64.8 Å². The van der Waals surface area contributed by atoms with Crippen LogP contribution in [0.5, 0.6) is 5.75 Å². The molecule has 1 aliphatic heterocycles. The van der Waals surface area contributed by atoms with Gasteiger partial charge in [0, 0.05) is 5.56 Å². The van der Waals surface area contributed by atoms with Gasteiger partial charge >= 0.3 is 0 Å². The normalized spacial score (nSPS) is 22.1. The molecule has 1 unspecified atom stereocenters. The molecule has 11 heavy (non-hydrogen) atoms. The largest absolute Gasteiger partial charge is 0.632 e. The maximum atomic E-state index is 10.9. The van der Waals surface area contributed by atoms with Crippen molar-refractivity contribution in [3.05, 3.63) is 35.0 Å². The molecule has 1 aromatic carbocycles. The Morgan fingerprint density at radius 2 is 2.55 bits per heavy atom. The third kappa shape index (κ3) is 1.20. The zero-order valence-corrected chi connectivity index (χ0v) is 5.96. The highest BCUT2D eigenvalue weighted by Gasteiger charge is 2.12. The van der Waals surface area contributed by atoms with Crippen molar-refractivity contribution >= 4 is 0 Å². The van der Waals surface area contributed by atoms with Crippen LogP contribution >= 0.6 is 0 Å². The van der Waals surface area contributed by atoms with Crippen LogP contribution in [0.1, 0.15) is 5.56 Å². The molecule has 1 aliphatic rings. The van der Waals surface area contributed by atoms with Crippen LogP contribution in [0.4, 0.5) is 0 Å². The van der Waals surface area contributed by atoms with E-state index in [9.17, 15) is 5.21 Å². The molecular weight excluding hydrogens is 142 g/mol. The number of benzene rings is 1. The number of rotatable bonds is 0. The number of ether oxygens (including phenoxy) is 1. The number of fused-ring (bicyclic) bond motifs is 1. The van der Waals surface area contributed by atoms with Gasteiger partial charge in [-0.15, -0.1) is 0 Å². The average molecular weight is 150 g/mol. The fourth-order valence-corrected chi connectivity index (χ4v) is 1.15. The van der Waals surface area contributed by atoms with Gasteiger partial charge in [-0.3, -0.25) is 0 Å². The molecule has 0 saturated heterocycles. The van der Waals surface area contributed by atoms with Crippen molar-refractivity contribution in [3.8, 4) is 5.75 Å². The molecular formula is C8H8NO2. The van der Waals surface area contributed by atoms with Crippen LogP contribution < -0.4 is 9.80 Å². The van der Waals surface area contributed by atoms with E-state index in [4.69, 9.17) is 4.74 Å². The summed E-state index contributed by atoms with van der Waals surface area (Å²) < 4.78 is 5.17. The van der Waals surface area contributed by atoms with E-state index >= 15 is 0 Å². The molecule has 1 atom stereocenters. The third-order valence-corrected chi connectivity index (χ3v) is 1.68. The SMILES string of the molecule is [O-][NH+]1COc2cc[c]cc2C1. The second kappa shape index (κ2) is 2.53. The quantitative estimate of drug-likeness (QED) is 0.516. The Kier molecular flexibility index (Phi) is 1.52. The monoisotopic (exact) mass is 150 g/mol. The van der Waals surface area contributed by atoms with Gasteiger partial charge in [-0.25, -0.2) is 0 Å². The van der Waals surface area contributed by atoms with Crippen LogP contribution in [0.25, 0.3) is 0 Å². The van der Waals surface area contributed by atoms with E-state index in [-0.39, 0.29) is 11.8 Å². The van der Waals surface area contributed by atoms with E-state index in [0.29, 0.717) is 6.54 Å². The summed E-state index contributed by atoms with van der Waals surface area (Å²) in [6.07, 6.45) is 0. The summed E-state index contributed by atoms with van der Waals surface area (Å²) in [5.74, 6) is 0.823. The first kappa shape index (κ1) is 6.64. The lowest BCUT2D eigenvalue weighted by molar-refractivity contribution is -0.883. The van der Waals surface area contributed by atoms with Gasteiger partial charge in [0.1, 0.15) is 12.3 Å². The molecule has 0 bridgehead atoms. The summed E-state index contributed by atoms with van der Waals surface area (Å²) in [5, 5.41) is 11.0. The highest BCUT2D eigenvalue weighted by Crippen LogP contribution is 2.17. The van der Waals surface area contributed by atoms with Crippen LogP contribution in [0.3, 0.4) is 0 Å². The molecule has 1 aromatic rings. The van der Waals surface area contributed by atoms with Gasteiger partial charge in [-0.05, 0) is 18.2 Å². The second-order valence-corrected chi connectivity index (χ2v) is 2.54. The third-order valence-electron chi connectivity index (χ3n) is 1.68. The standard InChI is InChI=1S/C8H8NO2/c10-9-5-7-3-1-2-4-8(7)11-6-9/h2-4,9H,5-6H2. The van der Waals surface area contributed by atoms with Crippen LogP contribution in [0, 0.1) is 11.3 Å². The van der Waals surface area contributed by atoms with Crippen molar-refractivity contribution in [1.82, 2.24) is 0 Å². The van der Waals surface area contributed by atoms with E-state index < -0.39 is 0 Å². The molecule has 0 fully saturated rings. The highest BCUT2D eigenvalue weighted by molar-refractivity contribution is 5.32. The maximum Gasteiger partial charge on any atom is 0.222 e. The van der Waals surface area contributed by atoms with Crippen LogP contribution in [0.15, 0.2) is 18.2 Å². The average Bonchev–Trinajstić information content (AvgIpc) is 2.04. The van der Waals surface area contributed by atoms with Crippen LogP contribution in [0.2, 0.25) is 0 Å². The molecule has 57 valence electrons. The lowest BCUT2D eigenvalue weighted by atomic mass is 10.2. The summed E-state index contributed by atoms with van der Waals surface area (Å²) >= 11 is 0. The molecule has 0 aliphatic carbocycles.